The molecular weight excluding hydrogens is 717 g/mol. The zero-order valence-corrected chi connectivity index (χ0v) is 36.1. The first-order valence-electron chi connectivity index (χ1n) is 20.9. The van der Waals surface area contributed by atoms with Gasteiger partial charge >= 0.3 is 11.9 Å². The van der Waals surface area contributed by atoms with E-state index in [2.05, 4.69) is 67.2 Å². The van der Waals surface area contributed by atoms with E-state index in [0.29, 0.717) is 12.8 Å². The number of rotatable bonds is 36. The van der Waals surface area contributed by atoms with Crippen molar-refractivity contribution in [2.45, 2.75) is 180 Å². The average Bonchev–Trinajstić information content (AvgIpc) is 3.17. The highest BCUT2D eigenvalue weighted by molar-refractivity contribution is 8.76. The highest BCUT2D eigenvalue weighted by Crippen LogP contribution is 2.26. The first-order chi connectivity index (χ1) is 26.3. The van der Waals surface area contributed by atoms with Crippen LogP contribution in [0.2, 0.25) is 0 Å². The molecular formula is C44H76N2O6S2. The average molecular weight is 793 g/mol. The molecule has 10 heteroatoms. The highest BCUT2D eigenvalue weighted by atomic mass is 33.1. The number of hydrogen-bond donors (Lipinski definition) is 1. The van der Waals surface area contributed by atoms with Gasteiger partial charge in [-0.1, -0.05) is 148 Å². The van der Waals surface area contributed by atoms with Gasteiger partial charge in [-0.15, -0.1) is 0 Å². The molecule has 0 heterocycles. The van der Waals surface area contributed by atoms with Crippen LogP contribution < -0.4 is 5.73 Å². The molecule has 0 aliphatic heterocycles. The maximum atomic E-state index is 13.6. The second-order valence-corrected chi connectivity index (χ2v) is 16.4. The smallest absolute Gasteiger partial charge is 0.329 e. The Kier molecular flexibility index (Phi) is 37.3. The van der Waals surface area contributed by atoms with Crippen molar-refractivity contribution in [2.75, 3.05) is 25.7 Å². The second-order valence-electron chi connectivity index (χ2n) is 13.9. The molecule has 0 radical (unpaired) electrons. The Labute approximate surface area is 337 Å². The predicted octanol–water partition coefficient (Wildman–Crippen LogP) is 11.4. The Hall–Kier alpha value is -2.30. The van der Waals surface area contributed by atoms with E-state index in [1.807, 2.05) is 0 Å². The largest absolute Gasteiger partial charge is 0.468 e. The molecule has 0 aromatic heterocycles. The maximum Gasteiger partial charge on any atom is 0.329 e. The molecule has 0 bridgehead atoms. The van der Waals surface area contributed by atoms with Crippen LogP contribution in [0.4, 0.5) is 0 Å². The van der Waals surface area contributed by atoms with Crippen molar-refractivity contribution in [3.63, 3.8) is 0 Å². The third-order valence-electron chi connectivity index (χ3n) is 9.07. The van der Waals surface area contributed by atoms with Crippen LogP contribution in [0.5, 0.6) is 0 Å². The summed E-state index contributed by atoms with van der Waals surface area (Å²) in [6.45, 7) is 4.45. The van der Waals surface area contributed by atoms with Gasteiger partial charge in [-0.25, -0.2) is 4.79 Å². The van der Waals surface area contributed by atoms with Gasteiger partial charge in [0.15, 0.2) is 0 Å². The Morgan fingerprint density at radius 2 is 0.889 bits per heavy atom. The fraction of sp³-hybridized carbons (Fsp3) is 0.727. The zero-order chi connectivity index (χ0) is 39.9. The van der Waals surface area contributed by atoms with Crippen LogP contribution >= 0.6 is 21.6 Å². The Bertz CT molecular complexity index is 1020. The van der Waals surface area contributed by atoms with E-state index in [1.165, 1.54) is 87.2 Å². The molecule has 0 aromatic rings. The number of amides is 2. The van der Waals surface area contributed by atoms with Gasteiger partial charge in [0.25, 0.3) is 0 Å². The van der Waals surface area contributed by atoms with Crippen LogP contribution in [0.1, 0.15) is 168 Å². The molecule has 0 fully saturated rings. The number of hydrogen-bond acceptors (Lipinski definition) is 9. The molecule has 0 aliphatic carbocycles. The molecule has 0 saturated heterocycles. The summed E-state index contributed by atoms with van der Waals surface area (Å²) in [5.74, 6) is -1.39. The quantitative estimate of drug-likeness (QED) is 0.0286. The number of allylic oxidation sites excluding steroid dienone is 8. The van der Waals surface area contributed by atoms with E-state index in [0.717, 1.165) is 81.9 Å². The van der Waals surface area contributed by atoms with Crippen molar-refractivity contribution >= 4 is 45.3 Å². The summed E-state index contributed by atoms with van der Waals surface area (Å²) in [5, 5.41) is 0. The summed E-state index contributed by atoms with van der Waals surface area (Å²) >= 11 is 0. The third kappa shape index (κ3) is 30.0. The lowest BCUT2D eigenvalue weighted by Gasteiger charge is -2.28. The van der Waals surface area contributed by atoms with Gasteiger partial charge in [0, 0.05) is 24.3 Å². The highest BCUT2D eigenvalue weighted by Gasteiger charge is 2.35. The lowest BCUT2D eigenvalue weighted by molar-refractivity contribution is -0.158. The van der Waals surface area contributed by atoms with Gasteiger partial charge in [0.1, 0.15) is 12.1 Å². The van der Waals surface area contributed by atoms with Crippen LogP contribution in [-0.2, 0) is 28.7 Å². The van der Waals surface area contributed by atoms with E-state index in [-0.39, 0.29) is 36.2 Å². The van der Waals surface area contributed by atoms with Crippen LogP contribution in [-0.4, -0.2) is 66.5 Å². The molecule has 54 heavy (non-hydrogen) atoms. The normalized spacial score (nSPS) is 13.0. The van der Waals surface area contributed by atoms with Gasteiger partial charge in [0.05, 0.1) is 14.2 Å². The molecule has 0 rings (SSSR count). The number of methoxy groups -OCH3 is 2. The fourth-order valence-electron chi connectivity index (χ4n) is 5.74. The summed E-state index contributed by atoms with van der Waals surface area (Å²) in [6, 6.07) is -1.85. The number of esters is 2. The summed E-state index contributed by atoms with van der Waals surface area (Å²) in [4.78, 5) is 53.0. The lowest BCUT2D eigenvalue weighted by atomic mass is 10.1. The number of imide groups is 1. The number of ether oxygens (including phenoxy) is 2. The first kappa shape index (κ1) is 51.7. The van der Waals surface area contributed by atoms with Crippen LogP contribution in [0.15, 0.2) is 48.6 Å². The number of carbonyl (C=O) groups excluding carboxylic acids is 4. The Balaban J connectivity index is 4.88. The van der Waals surface area contributed by atoms with Crippen LogP contribution in [0.3, 0.4) is 0 Å². The van der Waals surface area contributed by atoms with Gasteiger partial charge in [-0.2, -0.15) is 0 Å². The monoisotopic (exact) mass is 793 g/mol. The van der Waals surface area contributed by atoms with Gasteiger partial charge in [0.2, 0.25) is 11.8 Å². The molecule has 0 saturated carbocycles. The number of nitrogens with zero attached hydrogens (tertiary/aromatic N) is 1. The molecule has 8 nitrogen and oxygen atoms in total. The van der Waals surface area contributed by atoms with E-state index in [1.54, 1.807) is 0 Å². The molecule has 2 amide bonds. The fourth-order valence-corrected chi connectivity index (χ4v) is 8.03. The number of nitrogens with two attached hydrogens (primary N) is 1. The van der Waals surface area contributed by atoms with E-state index < -0.39 is 24.0 Å². The van der Waals surface area contributed by atoms with E-state index >= 15 is 0 Å². The number of unbranched alkanes of at least 4 members (excludes halogenated alkanes) is 16. The lowest BCUT2D eigenvalue weighted by Crippen LogP contribution is -2.50. The summed E-state index contributed by atoms with van der Waals surface area (Å²) in [5.41, 5.74) is 5.85. The van der Waals surface area contributed by atoms with Crippen molar-refractivity contribution in [1.82, 2.24) is 4.90 Å². The van der Waals surface area contributed by atoms with E-state index in [9.17, 15) is 19.2 Å². The first-order valence-corrected chi connectivity index (χ1v) is 23.4. The molecule has 2 atom stereocenters. The van der Waals surface area contributed by atoms with Crippen LogP contribution in [0.25, 0.3) is 0 Å². The van der Waals surface area contributed by atoms with Gasteiger partial charge in [-0.3, -0.25) is 19.3 Å². The minimum atomic E-state index is -1.04. The third-order valence-corrected chi connectivity index (χ3v) is 11.5. The zero-order valence-electron chi connectivity index (χ0n) is 34.4. The van der Waals surface area contributed by atoms with Gasteiger partial charge < -0.3 is 15.2 Å². The molecule has 1 unspecified atom stereocenters. The standard InChI is InChI=1S/C44H76N2O6S2/c1-5-7-9-11-13-15-17-19-21-23-25-27-29-31-33-35-41(47)46(40(44(50)52-4)38-54-53-37-39(45)43(49)51-3)42(48)36-34-32-30-28-26-24-22-20-18-16-14-12-10-8-6-2/h13-16,19-22,39-40H,5-12,17-18,23-38,45H2,1-4H3/b15-13-,16-14-,21-19-,22-20-/t39?,40-/m0/s1. The Morgan fingerprint density at radius 1 is 0.519 bits per heavy atom. The minimum absolute atomic E-state index is 0.146. The van der Waals surface area contributed by atoms with Crippen molar-refractivity contribution < 1.29 is 28.7 Å². The molecule has 310 valence electrons. The van der Waals surface area contributed by atoms with Crippen molar-refractivity contribution in [3.8, 4) is 0 Å². The van der Waals surface area contributed by atoms with Crippen molar-refractivity contribution in [2.24, 2.45) is 5.73 Å². The second kappa shape index (κ2) is 39.0. The molecule has 0 spiro atoms. The molecule has 0 aromatic carbocycles. The molecule has 0 aliphatic rings. The molecule has 2 N–H and O–H groups in total. The number of carbonyl (C=O) groups is 4. The predicted molar refractivity (Wildman–Crippen MR) is 231 cm³/mol. The van der Waals surface area contributed by atoms with E-state index in [4.69, 9.17) is 10.5 Å². The summed E-state index contributed by atoms with van der Waals surface area (Å²) < 4.78 is 9.75. The van der Waals surface area contributed by atoms with Crippen molar-refractivity contribution in [1.29, 1.82) is 0 Å². The summed E-state index contributed by atoms with van der Waals surface area (Å²) in [6.07, 6.45) is 42.1. The SMILES string of the molecule is CCCCC/C=C\C/C=C\CCCCCCCC(=O)N(C(=O)CCCCCCC/C=C\C/C=C\CCCCC)[C@@H](CSSCC(N)C(=O)OC)C(=O)OC. The summed E-state index contributed by atoms with van der Waals surface area (Å²) in [7, 11) is 5.14. The maximum absolute atomic E-state index is 13.6. The van der Waals surface area contributed by atoms with Gasteiger partial charge in [-0.05, 0) is 77.0 Å². The topological polar surface area (TPSA) is 116 Å². The Morgan fingerprint density at radius 3 is 1.30 bits per heavy atom. The van der Waals surface area contributed by atoms with Crippen LogP contribution in [0, 0.1) is 0 Å². The minimum Gasteiger partial charge on any atom is -0.468 e. The van der Waals surface area contributed by atoms with Crippen molar-refractivity contribution in [3.05, 3.63) is 48.6 Å².